The van der Waals surface area contributed by atoms with Crippen molar-refractivity contribution >= 4 is 11.8 Å². The standard InChI is InChI=1S/C12H17NOS/c1-14-12-4-2-10(3-5-12)8-11-9-15-7-6-13-11/h2-5,11,13H,6-9H2,1H3. The summed E-state index contributed by atoms with van der Waals surface area (Å²) in [5.41, 5.74) is 1.39. The molecule has 1 aliphatic rings. The minimum atomic E-state index is 0.636. The number of ether oxygens (including phenoxy) is 1. The van der Waals surface area contributed by atoms with Gasteiger partial charge < -0.3 is 10.1 Å². The Morgan fingerprint density at radius 1 is 1.40 bits per heavy atom. The van der Waals surface area contributed by atoms with E-state index in [2.05, 4.69) is 17.4 Å². The van der Waals surface area contributed by atoms with Gasteiger partial charge in [-0.2, -0.15) is 11.8 Å². The number of hydrogen-bond donors (Lipinski definition) is 1. The normalized spacial score (nSPS) is 21.3. The van der Waals surface area contributed by atoms with Crippen molar-refractivity contribution in [3.05, 3.63) is 29.8 Å². The topological polar surface area (TPSA) is 21.3 Å². The van der Waals surface area contributed by atoms with Gasteiger partial charge in [0.1, 0.15) is 5.75 Å². The van der Waals surface area contributed by atoms with E-state index < -0.39 is 0 Å². The molecular formula is C12H17NOS. The lowest BCUT2D eigenvalue weighted by Crippen LogP contribution is -2.38. The zero-order chi connectivity index (χ0) is 10.5. The number of rotatable bonds is 3. The maximum absolute atomic E-state index is 5.14. The SMILES string of the molecule is COc1ccc(CC2CSCCN2)cc1. The van der Waals surface area contributed by atoms with E-state index in [1.54, 1.807) is 7.11 Å². The Hall–Kier alpha value is -0.670. The molecule has 15 heavy (non-hydrogen) atoms. The fourth-order valence-corrected chi connectivity index (χ4v) is 2.75. The summed E-state index contributed by atoms with van der Waals surface area (Å²) < 4.78 is 5.14. The Morgan fingerprint density at radius 2 is 2.20 bits per heavy atom. The zero-order valence-corrected chi connectivity index (χ0v) is 9.85. The third-order valence-corrected chi connectivity index (χ3v) is 3.77. The van der Waals surface area contributed by atoms with E-state index in [1.165, 1.54) is 17.1 Å². The van der Waals surface area contributed by atoms with E-state index >= 15 is 0 Å². The molecule has 1 aromatic carbocycles. The summed E-state index contributed by atoms with van der Waals surface area (Å²) in [6, 6.07) is 9.01. The first kappa shape index (κ1) is 10.8. The van der Waals surface area contributed by atoms with Crippen molar-refractivity contribution in [3.8, 4) is 5.75 Å². The maximum Gasteiger partial charge on any atom is 0.118 e. The second-order valence-electron chi connectivity index (χ2n) is 3.78. The van der Waals surface area contributed by atoms with Crippen LogP contribution in [0.5, 0.6) is 5.75 Å². The van der Waals surface area contributed by atoms with E-state index in [-0.39, 0.29) is 0 Å². The molecule has 1 heterocycles. The maximum atomic E-state index is 5.14. The molecule has 0 amide bonds. The first-order valence-electron chi connectivity index (χ1n) is 5.32. The van der Waals surface area contributed by atoms with Crippen LogP contribution in [-0.4, -0.2) is 31.2 Å². The van der Waals surface area contributed by atoms with E-state index in [4.69, 9.17) is 4.74 Å². The van der Waals surface area contributed by atoms with E-state index in [0.717, 1.165) is 18.7 Å². The van der Waals surface area contributed by atoms with E-state index in [9.17, 15) is 0 Å². The van der Waals surface area contributed by atoms with Crippen molar-refractivity contribution in [2.24, 2.45) is 0 Å². The van der Waals surface area contributed by atoms with Gasteiger partial charge >= 0.3 is 0 Å². The van der Waals surface area contributed by atoms with Crippen LogP contribution in [-0.2, 0) is 6.42 Å². The third kappa shape index (κ3) is 3.14. The fraction of sp³-hybridized carbons (Fsp3) is 0.500. The highest BCUT2D eigenvalue weighted by Crippen LogP contribution is 2.15. The van der Waals surface area contributed by atoms with E-state index in [0.29, 0.717) is 6.04 Å². The minimum absolute atomic E-state index is 0.636. The Bertz CT molecular complexity index is 293. The monoisotopic (exact) mass is 223 g/mol. The van der Waals surface area contributed by atoms with Gasteiger partial charge in [0.05, 0.1) is 7.11 Å². The van der Waals surface area contributed by atoms with Crippen LogP contribution in [0.2, 0.25) is 0 Å². The smallest absolute Gasteiger partial charge is 0.118 e. The van der Waals surface area contributed by atoms with Gasteiger partial charge in [0.15, 0.2) is 0 Å². The zero-order valence-electron chi connectivity index (χ0n) is 9.03. The molecule has 0 aliphatic carbocycles. The lowest BCUT2D eigenvalue weighted by Gasteiger charge is -2.23. The molecule has 1 atom stereocenters. The lowest BCUT2D eigenvalue weighted by atomic mass is 10.1. The van der Waals surface area contributed by atoms with Crippen LogP contribution in [0.4, 0.5) is 0 Å². The third-order valence-electron chi connectivity index (χ3n) is 2.64. The molecule has 0 saturated carbocycles. The Balaban J connectivity index is 1.91. The van der Waals surface area contributed by atoms with Crippen LogP contribution < -0.4 is 10.1 Å². The fourth-order valence-electron chi connectivity index (χ4n) is 1.80. The van der Waals surface area contributed by atoms with Crippen molar-refractivity contribution in [3.63, 3.8) is 0 Å². The molecule has 82 valence electrons. The van der Waals surface area contributed by atoms with Crippen LogP contribution >= 0.6 is 11.8 Å². The number of thioether (sulfide) groups is 1. The molecule has 1 aromatic rings. The summed E-state index contributed by atoms with van der Waals surface area (Å²) in [6.07, 6.45) is 1.12. The highest BCUT2D eigenvalue weighted by Gasteiger charge is 2.12. The summed E-state index contributed by atoms with van der Waals surface area (Å²) in [6.45, 7) is 1.14. The summed E-state index contributed by atoms with van der Waals surface area (Å²) in [5.74, 6) is 3.41. The number of nitrogens with one attached hydrogen (secondary N) is 1. The molecule has 1 N–H and O–H groups in total. The second-order valence-corrected chi connectivity index (χ2v) is 4.93. The predicted octanol–water partition coefficient (Wildman–Crippen LogP) is 1.94. The summed E-state index contributed by atoms with van der Waals surface area (Å²) >= 11 is 2.04. The van der Waals surface area contributed by atoms with Crippen molar-refractivity contribution in [2.75, 3.05) is 25.2 Å². The van der Waals surface area contributed by atoms with Gasteiger partial charge in [0.25, 0.3) is 0 Å². The van der Waals surface area contributed by atoms with Gasteiger partial charge in [-0.3, -0.25) is 0 Å². The largest absolute Gasteiger partial charge is 0.497 e. The number of hydrogen-bond acceptors (Lipinski definition) is 3. The Morgan fingerprint density at radius 3 is 2.80 bits per heavy atom. The lowest BCUT2D eigenvalue weighted by molar-refractivity contribution is 0.414. The number of methoxy groups -OCH3 is 1. The Kier molecular flexibility index (Phi) is 3.92. The first-order chi connectivity index (χ1) is 7.38. The molecule has 1 fully saturated rings. The Labute approximate surface area is 95.4 Å². The first-order valence-corrected chi connectivity index (χ1v) is 6.48. The molecule has 2 rings (SSSR count). The average molecular weight is 223 g/mol. The minimum Gasteiger partial charge on any atom is -0.497 e. The van der Waals surface area contributed by atoms with Crippen LogP contribution in [0.3, 0.4) is 0 Å². The highest BCUT2D eigenvalue weighted by molar-refractivity contribution is 7.99. The van der Waals surface area contributed by atoms with E-state index in [1.807, 2.05) is 23.9 Å². The van der Waals surface area contributed by atoms with Gasteiger partial charge in [-0.15, -0.1) is 0 Å². The van der Waals surface area contributed by atoms with Crippen LogP contribution in [0.1, 0.15) is 5.56 Å². The average Bonchev–Trinajstić information content (AvgIpc) is 2.31. The molecule has 2 nitrogen and oxygen atoms in total. The summed E-state index contributed by atoms with van der Waals surface area (Å²) in [5, 5.41) is 3.54. The van der Waals surface area contributed by atoms with Gasteiger partial charge in [-0.05, 0) is 24.1 Å². The molecule has 0 spiro atoms. The summed E-state index contributed by atoms with van der Waals surface area (Å²) in [4.78, 5) is 0. The van der Waals surface area contributed by atoms with Gasteiger partial charge in [0.2, 0.25) is 0 Å². The molecular weight excluding hydrogens is 206 g/mol. The van der Waals surface area contributed by atoms with Crippen molar-refractivity contribution < 1.29 is 4.74 Å². The molecule has 1 saturated heterocycles. The highest BCUT2D eigenvalue weighted by atomic mass is 32.2. The molecule has 0 radical (unpaired) electrons. The molecule has 1 unspecified atom stereocenters. The second kappa shape index (κ2) is 5.42. The summed E-state index contributed by atoms with van der Waals surface area (Å²) in [7, 11) is 1.70. The van der Waals surface area contributed by atoms with Gasteiger partial charge in [-0.25, -0.2) is 0 Å². The molecule has 0 aromatic heterocycles. The van der Waals surface area contributed by atoms with Crippen LogP contribution in [0, 0.1) is 0 Å². The molecule has 0 bridgehead atoms. The van der Waals surface area contributed by atoms with Crippen molar-refractivity contribution in [2.45, 2.75) is 12.5 Å². The molecule has 3 heteroatoms. The predicted molar refractivity (Wildman–Crippen MR) is 65.8 cm³/mol. The van der Waals surface area contributed by atoms with Crippen molar-refractivity contribution in [1.82, 2.24) is 5.32 Å². The molecule has 1 aliphatic heterocycles. The quantitative estimate of drug-likeness (QED) is 0.846. The van der Waals surface area contributed by atoms with Gasteiger partial charge in [0, 0.05) is 24.1 Å². The van der Waals surface area contributed by atoms with Crippen LogP contribution in [0.25, 0.3) is 0 Å². The van der Waals surface area contributed by atoms with Crippen LogP contribution in [0.15, 0.2) is 24.3 Å². The van der Waals surface area contributed by atoms with Crippen molar-refractivity contribution in [1.29, 1.82) is 0 Å². The van der Waals surface area contributed by atoms with Gasteiger partial charge in [-0.1, -0.05) is 12.1 Å². The number of benzene rings is 1.